The predicted octanol–water partition coefficient (Wildman–Crippen LogP) is 35.4. The predicted molar refractivity (Wildman–Crippen MR) is 546 cm³/mol. The Kier molecular flexibility index (Phi) is 32.6. The number of nitrogens with zero attached hydrogens (tertiary/aromatic N) is 2. The minimum Gasteiger partial charge on any atom is -0.344 e. The van der Waals surface area contributed by atoms with Crippen molar-refractivity contribution in [3.05, 3.63) is 469 Å². The summed E-state index contributed by atoms with van der Waals surface area (Å²) in [7, 11) is 4.23. The van der Waals surface area contributed by atoms with E-state index in [1.54, 1.807) is 0 Å². The summed E-state index contributed by atoms with van der Waals surface area (Å²) in [6.45, 7) is 19.1. The molecule has 0 bridgehead atoms. The van der Waals surface area contributed by atoms with Gasteiger partial charge in [0.2, 0.25) is 0 Å². The summed E-state index contributed by atoms with van der Waals surface area (Å²) in [4.78, 5) is 0. The van der Waals surface area contributed by atoms with Crippen LogP contribution < -0.4 is 0 Å². The van der Waals surface area contributed by atoms with Crippen LogP contribution in [0.3, 0.4) is 0 Å². The molecule has 23 aromatic rings. The highest BCUT2D eigenvalue weighted by atomic mass is 32.1. The van der Waals surface area contributed by atoms with Crippen molar-refractivity contribution in [1.82, 2.24) is 9.13 Å². The average Bonchev–Trinajstić information content (AvgIpc) is 2.59. The van der Waals surface area contributed by atoms with Crippen LogP contribution >= 0.6 is 45.3 Å². The van der Waals surface area contributed by atoms with Crippen LogP contribution in [0.15, 0.2) is 419 Å². The van der Waals surface area contributed by atoms with Gasteiger partial charge in [-0.2, -0.15) is 0 Å². The fourth-order valence-electron chi connectivity index (χ4n) is 14.4. The second kappa shape index (κ2) is 44.3. The van der Waals surface area contributed by atoms with E-state index in [1.165, 1.54) is 174 Å². The van der Waals surface area contributed by atoms with Gasteiger partial charge in [-0.1, -0.05) is 394 Å². The Balaban J connectivity index is 0.000000131. The molecule has 0 radical (unpaired) electrons. The van der Waals surface area contributed by atoms with E-state index < -0.39 is 0 Å². The highest BCUT2D eigenvalue weighted by molar-refractivity contribution is 7.27. The first-order chi connectivity index (χ1) is 58.1. The quantitative estimate of drug-likeness (QED) is 0.143. The summed E-state index contributed by atoms with van der Waals surface area (Å²) in [6, 6.07) is 146. The molecular weight excluding hydrogens is 1540 g/mol. The second-order valence-corrected chi connectivity index (χ2v) is 34.1. The molecule has 0 aliphatic rings. The molecular formula is C115H110N2S4. The van der Waals surface area contributed by atoms with Gasteiger partial charge in [0, 0.05) is 138 Å². The molecule has 17 aromatic carbocycles. The number of hydrogen-bond donors (Lipinski definition) is 0. The molecule has 604 valence electrons. The molecule has 0 saturated carbocycles. The zero-order valence-electron chi connectivity index (χ0n) is 69.9. The lowest BCUT2D eigenvalue weighted by Gasteiger charge is -1.95. The Morgan fingerprint density at radius 2 is 0.421 bits per heavy atom. The van der Waals surface area contributed by atoms with Crippen LogP contribution in [0.5, 0.6) is 0 Å². The maximum Gasteiger partial charge on any atom is 0.0488 e. The third kappa shape index (κ3) is 23.4. The Hall–Kier alpha value is -12.8. The van der Waals surface area contributed by atoms with Crippen LogP contribution in [0.25, 0.3) is 124 Å². The van der Waals surface area contributed by atoms with Gasteiger partial charge in [0.15, 0.2) is 0 Å². The minimum absolute atomic E-state index is 0. The number of fused-ring (bicyclic) bond motifs is 18. The first kappa shape index (κ1) is 89.0. The highest BCUT2D eigenvalue weighted by Gasteiger charge is 2.10. The molecule has 0 fully saturated rings. The number of aryl methyl sites for hydroxylation is 11. The molecule has 0 amide bonds. The Labute approximate surface area is 732 Å². The Morgan fingerprint density at radius 3 is 0.818 bits per heavy atom. The van der Waals surface area contributed by atoms with E-state index in [2.05, 4.69) is 413 Å². The van der Waals surface area contributed by atoms with Crippen LogP contribution in [0.2, 0.25) is 0 Å². The van der Waals surface area contributed by atoms with Crippen LogP contribution in [0, 0.1) is 62.3 Å². The smallest absolute Gasteiger partial charge is 0.0488 e. The number of hydrogen-bond acceptors (Lipinski definition) is 4. The van der Waals surface area contributed by atoms with Gasteiger partial charge in [-0.15, -0.1) is 45.3 Å². The molecule has 0 aliphatic carbocycles. The standard InChI is InChI=1S/2C13H11N.4C13H10S.5C7H8.2CH4/c2*1-14-12-8-4-2-6-10(12)11-7-3-5-9-13(11)14;1-9-5-4-7-11-10-6-2-3-8-12(10)14-13(9)11;1-9-5-4-8-12-13(9)10-6-2-3-7-11(10)14-12;1-9-6-7-13-11(8-9)10-4-2-3-5-12(10)14-13;1-9-6-7-11-10-4-2-3-5-12(10)14-13(11)8-9;5*1-7-5-3-2-4-6-7;;/h2*2-9H,1H3;4*2-8H,1H3;5*2-6H,1H3;2*1H4. The van der Waals surface area contributed by atoms with Crippen molar-refractivity contribution in [2.75, 3.05) is 0 Å². The summed E-state index contributed by atoms with van der Waals surface area (Å²) >= 11 is 7.51. The fourth-order valence-corrected chi connectivity index (χ4v) is 19.1. The van der Waals surface area contributed by atoms with Gasteiger partial charge in [0.25, 0.3) is 0 Å². The number of aromatic nitrogens is 2. The number of rotatable bonds is 0. The third-order valence-electron chi connectivity index (χ3n) is 20.6. The largest absolute Gasteiger partial charge is 0.344 e. The summed E-state index contributed by atoms with van der Waals surface area (Å²) in [6.07, 6.45) is 0. The average molecular weight is 1650 g/mol. The van der Waals surface area contributed by atoms with Crippen LogP contribution in [0.1, 0.15) is 64.9 Å². The highest BCUT2D eigenvalue weighted by Crippen LogP contribution is 2.39. The molecule has 2 nitrogen and oxygen atoms in total. The molecule has 6 heteroatoms. The monoisotopic (exact) mass is 1650 g/mol. The van der Waals surface area contributed by atoms with E-state index in [-0.39, 0.29) is 14.9 Å². The molecule has 0 saturated heterocycles. The van der Waals surface area contributed by atoms with Gasteiger partial charge in [-0.25, -0.2) is 0 Å². The van der Waals surface area contributed by atoms with Crippen molar-refractivity contribution in [3.63, 3.8) is 0 Å². The van der Waals surface area contributed by atoms with Crippen molar-refractivity contribution in [3.8, 4) is 0 Å². The summed E-state index contributed by atoms with van der Waals surface area (Å²) in [5, 5.41) is 16.5. The van der Waals surface area contributed by atoms with E-state index in [0.29, 0.717) is 0 Å². The van der Waals surface area contributed by atoms with Crippen molar-refractivity contribution in [1.29, 1.82) is 0 Å². The van der Waals surface area contributed by atoms with Crippen LogP contribution in [-0.2, 0) is 14.1 Å². The molecule has 0 atom stereocenters. The second-order valence-electron chi connectivity index (χ2n) is 29.8. The maximum atomic E-state index is 2.27. The van der Waals surface area contributed by atoms with Gasteiger partial charge < -0.3 is 9.13 Å². The van der Waals surface area contributed by atoms with E-state index >= 15 is 0 Å². The first-order valence-corrected chi connectivity index (χ1v) is 43.8. The number of benzene rings is 17. The molecule has 6 aromatic heterocycles. The van der Waals surface area contributed by atoms with Gasteiger partial charge >= 0.3 is 0 Å². The zero-order chi connectivity index (χ0) is 82.8. The lowest BCUT2D eigenvalue weighted by Crippen LogP contribution is -1.84. The van der Waals surface area contributed by atoms with E-state index in [4.69, 9.17) is 0 Å². The van der Waals surface area contributed by atoms with E-state index in [0.717, 1.165) is 0 Å². The van der Waals surface area contributed by atoms with Crippen molar-refractivity contribution >= 4 is 170 Å². The Bertz CT molecular complexity index is 6620. The molecule has 0 aliphatic heterocycles. The number of para-hydroxylation sites is 4. The SMILES string of the molecule is C.C.Cc1ccc2c(c1)sc1ccccc12.Cc1ccc2sc3ccccc3c2c1.Cc1cccc2c1sc1ccccc12.Cc1cccc2sc3ccccc3c12.Cc1ccccc1.Cc1ccccc1.Cc1ccccc1.Cc1ccccc1.Cc1ccccc1.Cn1c2ccccc2c2ccccc21.Cn1c2ccccc2c2ccccc21. The minimum atomic E-state index is 0. The lowest BCUT2D eigenvalue weighted by atomic mass is 10.1. The summed E-state index contributed by atoms with van der Waals surface area (Å²) in [5.41, 5.74) is 17.2. The van der Waals surface area contributed by atoms with Gasteiger partial charge in [0.1, 0.15) is 0 Å². The van der Waals surface area contributed by atoms with Crippen LogP contribution in [0.4, 0.5) is 0 Å². The maximum absolute atomic E-state index is 2.27. The normalized spacial score (nSPS) is 10.3. The molecule has 0 unspecified atom stereocenters. The first-order valence-electron chi connectivity index (χ1n) is 40.6. The summed E-state index contributed by atoms with van der Waals surface area (Å²) in [5.74, 6) is 0. The number of thiophene rings is 4. The van der Waals surface area contributed by atoms with Crippen molar-refractivity contribution < 1.29 is 0 Å². The molecule has 23 rings (SSSR count). The van der Waals surface area contributed by atoms with E-state index in [9.17, 15) is 0 Å². The topological polar surface area (TPSA) is 9.86 Å². The molecule has 6 heterocycles. The third-order valence-corrected chi connectivity index (χ3v) is 25.4. The zero-order valence-corrected chi connectivity index (χ0v) is 73.1. The lowest BCUT2D eigenvalue weighted by molar-refractivity contribution is 1.01. The molecule has 121 heavy (non-hydrogen) atoms. The van der Waals surface area contributed by atoms with Crippen LogP contribution in [-0.4, -0.2) is 9.13 Å². The summed E-state index contributed by atoms with van der Waals surface area (Å²) < 4.78 is 15.6. The van der Waals surface area contributed by atoms with Gasteiger partial charge in [0.05, 0.1) is 0 Å². The Morgan fingerprint density at radius 1 is 0.165 bits per heavy atom. The molecule has 0 N–H and O–H groups in total. The molecule has 0 spiro atoms. The van der Waals surface area contributed by atoms with Gasteiger partial charge in [-0.3, -0.25) is 0 Å². The fraction of sp³-hybridized carbons (Fsp3) is 0.113. The van der Waals surface area contributed by atoms with Crippen molar-refractivity contribution in [2.45, 2.75) is 77.2 Å². The van der Waals surface area contributed by atoms with Crippen molar-refractivity contribution in [2.24, 2.45) is 14.1 Å². The van der Waals surface area contributed by atoms with E-state index in [1.807, 2.05) is 136 Å². The van der Waals surface area contributed by atoms with Gasteiger partial charge in [-0.05, 0) is 152 Å².